The minimum atomic E-state index is 0. The van der Waals surface area contributed by atoms with Gasteiger partial charge in [0.25, 0.3) is 0 Å². The summed E-state index contributed by atoms with van der Waals surface area (Å²) in [6.45, 7) is 3.36. The Morgan fingerprint density at radius 3 is 1.95 bits per heavy atom. The van der Waals surface area contributed by atoms with Crippen LogP contribution >= 0.6 is 0 Å². The van der Waals surface area contributed by atoms with Crippen molar-refractivity contribution in [2.75, 3.05) is 33.8 Å². The van der Waals surface area contributed by atoms with Crippen LogP contribution in [0.5, 0.6) is 0 Å². The van der Waals surface area contributed by atoms with E-state index in [1.54, 1.807) is 6.20 Å². The highest BCUT2D eigenvalue weighted by Crippen LogP contribution is 2.29. The van der Waals surface area contributed by atoms with Gasteiger partial charge in [0.2, 0.25) is 0 Å². The summed E-state index contributed by atoms with van der Waals surface area (Å²) in [6.07, 6.45) is 18.7. The number of likely N-dealkylation sites (tertiary alicyclic amines) is 1. The van der Waals surface area contributed by atoms with Crippen LogP contribution in [-0.2, 0) is 0 Å². The molecule has 3 aromatic rings. The Labute approximate surface area is 230 Å². The highest BCUT2D eigenvalue weighted by molar-refractivity contribution is 6.01. The summed E-state index contributed by atoms with van der Waals surface area (Å²) in [5.74, 6) is 0. The molecular formula is C31H48N6O. The lowest BCUT2D eigenvalue weighted by molar-refractivity contribution is 0.317. The van der Waals surface area contributed by atoms with Crippen molar-refractivity contribution in [2.24, 2.45) is 4.99 Å². The van der Waals surface area contributed by atoms with E-state index in [2.05, 4.69) is 55.4 Å². The number of aliphatic hydroxyl groups excluding tert-OH is 1. The first kappa shape index (κ1) is 33.0. The second-order valence-electron chi connectivity index (χ2n) is 9.03. The van der Waals surface area contributed by atoms with Crippen molar-refractivity contribution in [2.45, 2.75) is 65.5 Å². The minimum absolute atomic E-state index is 0. The summed E-state index contributed by atoms with van der Waals surface area (Å²) >= 11 is 0. The minimum Gasteiger partial charge on any atom is -0.400 e. The molecule has 0 saturated carbocycles. The van der Waals surface area contributed by atoms with Crippen LogP contribution in [0.1, 0.15) is 82.2 Å². The van der Waals surface area contributed by atoms with Gasteiger partial charge in [0.15, 0.2) is 0 Å². The summed E-state index contributed by atoms with van der Waals surface area (Å²) < 4.78 is 0. The van der Waals surface area contributed by atoms with Gasteiger partial charge in [-0.3, -0.25) is 24.8 Å². The van der Waals surface area contributed by atoms with E-state index < -0.39 is 0 Å². The first-order valence-corrected chi connectivity index (χ1v) is 12.9. The standard InChI is InChI=1S/C10H14N2.C9H12N2.C9H10N2.CH4O.2CH4/c1-12-7-3-5-10(12)9-4-2-6-11-8-9;2*1-3-8(7-10-5-1)9-4-2-6-11-9;1-2;;/h2,4,6,8,10H,3,5,7H2,1H3;1,3,5,7,9,11H,2,4,6H2;1,3,5,7H,2,4,6H2;2H,1H3;2*1H4/t10-;9-;;;;/m00..../s1. The largest absolute Gasteiger partial charge is 0.400 e. The van der Waals surface area contributed by atoms with Crippen LogP contribution < -0.4 is 5.32 Å². The molecule has 208 valence electrons. The predicted molar refractivity (Wildman–Crippen MR) is 160 cm³/mol. The predicted octanol–water partition coefficient (Wildman–Crippen LogP) is 5.90. The highest BCUT2D eigenvalue weighted by atomic mass is 16.2. The van der Waals surface area contributed by atoms with E-state index in [1.807, 2.05) is 49.2 Å². The van der Waals surface area contributed by atoms with Gasteiger partial charge in [-0.2, -0.15) is 0 Å². The average molecular weight is 521 g/mol. The van der Waals surface area contributed by atoms with Gasteiger partial charge >= 0.3 is 0 Å². The maximum Gasteiger partial charge on any atom is 0.0436 e. The molecule has 0 unspecified atom stereocenters. The first-order valence-electron chi connectivity index (χ1n) is 12.9. The zero-order valence-electron chi connectivity index (χ0n) is 21.6. The topological polar surface area (TPSA) is 86.5 Å². The van der Waals surface area contributed by atoms with Gasteiger partial charge < -0.3 is 10.4 Å². The number of pyridine rings is 3. The Balaban J connectivity index is 0.000000269. The van der Waals surface area contributed by atoms with Gasteiger partial charge in [-0.25, -0.2) is 0 Å². The van der Waals surface area contributed by atoms with Crippen molar-refractivity contribution >= 4 is 5.71 Å². The Morgan fingerprint density at radius 1 is 0.816 bits per heavy atom. The molecule has 2 fully saturated rings. The summed E-state index contributed by atoms with van der Waals surface area (Å²) in [5.41, 5.74) is 5.09. The number of rotatable bonds is 3. The molecule has 7 nitrogen and oxygen atoms in total. The Morgan fingerprint density at radius 2 is 1.47 bits per heavy atom. The molecule has 0 bridgehead atoms. The maximum absolute atomic E-state index is 7.00. The molecule has 2 atom stereocenters. The van der Waals surface area contributed by atoms with Crippen LogP contribution in [0.2, 0.25) is 0 Å². The molecule has 3 aromatic heterocycles. The van der Waals surface area contributed by atoms with E-state index in [4.69, 9.17) is 5.11 Å². The summed E-state index contributed by atoms with van der Waals surface area (Å²) in [5, 5.41) is 10.4. The van der Waals surface area contributed by atoms with E-state index in [0.29, 0.717) is 12.1 Å². The Kier molecular flexibility index (Phi) is 16.6. The van der Waals surface area contributed by atoms with E-state index >= 15 is 0 Å². The van der Waals surface area contributed by atoms with E-state index in [1.165, 1.54) is 61.1 Å². The van der Waals surface area contributed by atoms with Crippen molar-refractivity contribution < 1.29 is 5.11 Å². The number of hydrogen-bond donors (Lipinski definition) is 2. The van der Waals surface area contributed by atoms with Crippen LogP contribution in [0, 0.1) is 0 Å². The number of aliphatic imine (C=N–C) groups is 1. The second-order valence-corrected chi connectivity index (χ2v) is 9.03. The van der Waals surface area contributed by atoms with Crippen LogP contribution in [0.3, 0.4) is 0 Å². The van der Waals surface area contributed by atoms with Crippen LogP contribution in [0.4, 0.5) is 0 Å². The van der Waals surface area contributed by atoms with Gasteiger partial charge in [-0.15, -0.1) is 0 Å². The summed E-state index contributed by atoms with van der Waals surface area (Å²) in [7, 11) is 3.19. The van der Waals surface area contributed by atoms with Gasteiger partial charge in [-0.05, 0) is 88.0 Å². The molecule has 0 radical (unpaired) electrons. The second kappa shape index (κ2) is 19.1. The lowest BCUT2D eigenvalue weighted by Gasteiger charge is -2.18. The van der Waals surface area contributed by atoms with Crippen molar-refractivity contribution in [3.63, 3.8) is 0 Å². The van der Waals surface area contributed by atoms with Crippen LogP contribution in [-0.4, -0.2) is 64.5 Å². The summed E-state index contributed by atoms with van der Waals surface area (Å²) in [4.78, 5) is 19.1. The number of nitrogens with one attached hydrogen (secondary N) is 1. The van der Waals surface area contributed by atoms with Gasteiger partial charge in [0.1, 0.15) is 0 Å². The van der Waals surface area contributed by atoms with Gasteiger partial charge in [-0.1, -0.05) is 33.1 Å². The third kappa shape index (κ3) is 10.4. The van der Waals surface area contributed by atoms with Crippen molar-refractivity contribution in [1.82, 2.24) is 25.2 Å². The quantitative estimate of drug-likeness (QED) is 0.447. The average Bonchev–Trinajstić information content (AvgIpc) is 3.76. The molecule has 0 aromatic carbocycles. The van der Waals surface area contributed by atoms with Crippen molar-refractivity contribution in [1.29, 1.82) is 0 Å². The first-order chi connectivity index (χ1) is 17.8. The third-order valence-corrected chi connectivity index (χ3v) is 6.61. The molecule has 0 spiro atoms. The molecule has 38 heavy (non-hydrogen) atoms. The summed E-state index contributed by atoms with van der Waals surface area (Å²) in [6, 6.07) is 13.5. The van der Waals surface area contributed by atoms with Crippen molar-refractivity contribution in [3.05, 3.63) is 90.3 Å². The number of aliphatic hydroxyl groups is 1. The molecular weight excluding hydrogens is 472 g/mol. The molecule has 2 N–H and O–H groups in total. The Hall–Kier alpha value is -3.00. The monoisotopic (exact) mass is 520 g/mol. The molecule has 7 heteroatoms. The maximum atomic E-state index is 7.00. The van der Waals surface area contributed by atoms with Crippen molar-refractivity contribution in [3.8, 4) is 0 Å². The number of nitrogens with zero attached hydrogens (tertiary/aromatic N) is 5. The Bertz CT molecular complexity index is 995. The van der Waals surface area contributed by atoms with Crippen LogP contribution in [0.25, 0.3) is 0 Å². The smallest absolute Gasteiger partial charge is 0.0436 e. The fourth-order valence-corrected chi connectivity index (χ4v) is 4.76. The molecule has 3 aliphatic heterocycles. The lowest BCUT2D eigenvalue weighted by Crippen LogP contribution is -2.17. The molecule has 0 amide bonds. The fourth-order valence-electron chi connectivity index (χ4n) is 4.76. The molecule has 0 aliphatic carbocycles. The third-order valence-electron chi connectivity index (χ3n) is 6.61. The van der Waals surface area contributed by atoms with Crippen LogP contribution in [0.15, 0.2) is 78.6 Å². The van der Waals surface area contributed by atoms with E-state index in [0.717, 1.165) is 26.6 Å². The lowest BCUT2D eigenvalue weighted by atomic mass is 10.1. The zero-order valence-corrected chi connectivity index (χ0v) is 21.6. The molecule has 3 aliphatic rings. The molecule has 2 saturated heterocycles. The molecule has 6 rings (SSSR count). The number of aromatic nitrogens is 3. The normalized spacial score (nSPS) is 19.6. The molecule has 6 heterocycles. The highest BCUT2D eigenvalue weighted by Gasteiger charge is 2.22. The fraction of sp³-hybridized carbons (Fsp3) is 0.484. The SMILES string of the molecule is C.C.CN1CCC[C@H]1c1cccnc1.CO.c1cncc(C2=NCCC2)c1.c1cncc([C@@H]2CCCN2)c1. The van der Waals surface area contributed by atoms with E-state index in [9.17, 15) is 0 Å². The zero-order chi connectivity index (χ0) is 25.4. The van der Waals surface area contributed by atoms with E-state index in [-0.39, 0.29) is 14.9 Å². The van der Waals surface area contributed by atoms with Gasteiger partial charge in [0.05, 0.1) is 0 Å². The van der Waals surface area contributed by atoms with Gasteiger partial charge in [0, 0.05) is 74.2 Å². The number of hydrogen-bond acceptors (Lipinski definition) is 7.